The fourth-order valence-electron chi connectivity index (χ4n) is 1.49. The molecule has 108 valence electrons. The molecular weight excluding hydrogens is 254 g/mol. The summed E-state index contributed by atoms with van der Waals surface area (Å²) in [5, 5.41) is 12.3. The van der Waals surface area contributed by atoms with Gasteiger partial charge in [0.1, 0.15) is 18.5 Å². The number of ether oxygens (including phenoxy) is 1. The number of hydrogen-bond donors (Lipinski definition) is 2. The number of carbonyl (C=O) groups excluding carboxylic acids is 1. The molecule has 0 aromatic heterocycles. The van der Waals surface area contributed by atoms with Crippen molar-refractivity contribution in [1.29, 1.82) is 0 Å². The number of hydrogen-bond acceptors (Lipinski definition) is 3. The molecule has 1 aromatic rings. The summed E-state index contributed by atoms with van der Waals surface area (Å²) in [6, 6.07) is 7.59. The number of nitrogens with one attached hydrogen (secondary N) is 1. The third-order valence-corrected chi connectivity index (χ3v) is 2.50. The number of aryl methyl sites for hydroxylation is 1. The van der Waals surface area contributed by atoms with Crippen LogP contribution in [-0.4, -0.2) is 30.3 Å². The molecule has 1 atom stereocenters. The molecule has 0 aliphatic carbocycles. The van der Waals surface area contributed by atoms with Gasteiger partial charge in [-0.1, -0.05) is 30.4 Å². The second kappa shape index (κ2) is 8.93. The maximum absolute atomic E-state index is 11.4. The van der Waals surface area contributed by atoms with E-state index in [0.717, 1.165) is 5.56 Å². The van der Waals surface area contributed by atoms with Crippen LogP contribution in [0.4, 0.5) is 0 Å². The Morgan fingerprint density at radius 1 is 1.45 bits per heavy atom. The molecule has 0 aliphatic heterocycles. The van der Waals surface area contributed by atoms with Crippen molar-refractivity contribution in [2.24, 2.45) is 0 Å². The second-order valence-electron chi connectivity index (χ2n) is 4.41. The van der Waals surface area contributed by atoms with Crippen molar-refractivity contribution in [3.8, 4) is 5.75 Å². The second-order valence-corrected chi connectivity index (χ2v) is 4.41. The number of carbonyl (C=O) groups is 1. The Morgan fingerprint density at radius 2 is 2.25 bits per heavy atom. The minimum Gasteiger partial charge on any atom is -0.491 e. The molecule has 0 fully saturated rings. The summed E-state index contributed by atoms with van der Waals surface area (Å²) >= 11 is 0. The van der Waals surface area contributed by atoms with Crippen molar-refractivity contribution >= 4 is 5.91 Å². The van der Waals surface area contributed by atoms with Gasteiger partial charge in [-0.05, 0) is 31.5 Å². The van der Waals surface area contributed by atoms with Crippen LogP contribution in [-0.2, 0) is 4.79 Å². The quantitative estimate of drug-likeness (QED) is 0.591. The van der Waals surface area contributed by atoms with E-state index in [1.807, 2.05) is 44.2 Å². The summed E-state index contributed by atoms with van der Waals surface area (Å²) < 4.78 is 5.45. The van der Waals surface area contributed by atoms with E-state index in [0.29, 0.717) is 5.75 Å². The highest BCUT2D eigenvalue weighted by molar-refractivity contribution is 5.87. The van der Waals surface area contributed by atoms with Gasteiger partial charge in [0.15, 0.2) is 0 Å². The van der Waals surface area contributed by atoms with E-state index in [2.05, 4.69) is 5.32 Å². The van der Waals surface area contributed by atoms with Gasteiger partial charge in [0.05, 0.1) is 0 Å². The maximum Gasteiger partial charge on any atom is 0.244 e. The summed E-state index contributed by atoms with van der Waals surface area (Å²) in [6.45, 7) is 4.14. The van der Waals surface area contributed by atoms with Crippen LogP contribution in [0.25, 0.3) is 0 Å². The van der Waals surface area contributed by atoms with Crippen molar-refractivity contribution in [2.45, 2.75) is 20.0 Å². The molecule has 0 heterocycles. The molecule has 0 saturated carbocycles. The fourth-order valence-corrected chi connectivity index (χ4v) is 1.49. The zero-order valence-electron chi connectivity index (χ0n) is 11.9. The molecule has 0 aliphatic rings. The highest BCUT2D eigenvalue weighted by atomic mass is 16.5. The number of allylic oxidation sites excluding steroid dienone is 3. The molecule has 4 nitrogen and oxygen atoms in total. The van der Waals surface area contributed by atoms with E-state index >= 15 is 0 Å². The van der Waals surface area contributed by atoms with E-state index in [1.54, 1.807) is 12.2 Å². The minimum atomic E-state index is -0.741. The Labute approximate surface area is 119 Å². The molecule has 1 amide bonds. The van der Waals surface area contributed by atoms with Gasteiger partial charge >= 0.3 is 0 Å². The fraction of sp³-hybridized carbons (Fsp3) is 0.312. The summed E-state index contributed by atoms with van der Waals surface area (Å²) in [4.78, 5) is 11.4. The number of aliphatic hydroxyl groups is 1. The molecule has 1 rings (SSSR count). The predicted molar refractivity (Wildman–Crippen MR) is 79.6 cm³/mol. The lowest BCUT2D eigenvalue weighted by atomic mass is 10.2. The van der Waals surface area contributed by atoms with Crippen LogP contribution < -0.4 is 10.1 Å². The van der Waals surface area contributed by atoms with Crippen molar-refractivity contribution in [3.05, 3.63) is 54.1 Å². The molecule has 0 bridgehead atoms. The number of aliphatic hydroxyl groups excluding tert-OH is 1. The highest BCUT2D eigenvalue weighted by Gasteiger charge is 2.06. The third kappa shape index (κ3) is 6.75. The van der Waals surface area contributed by atoms with Gasteiger partial charge in [-0.3, -0.25) is 4.79 Å². The van der Waals surface area contributed by atoms with Crippen molar-refractivity contribution < 1.29 is 14.6 Å². The molecule has 1 aromatic carbocycles. The van der Waals surface area contributed by atoms with Crippen LogP contribution >= 0.6 is 0 Å². The first-order chi connectivity index (χ1) is 9.61. The van der Waals surface area contributed by atoms with Crippen molar-refractivity contribution in [2.75, 3.05) is 13.2 Å². The maximum atomic E-state index is 11.4. The Hall–Kier alpha value is -2.07. The van der Waals surface area contributed by atoms with E-state index in [4.69, 9.17) is 4.74 Å². The van der Waals surface area contributed by atoms with Crippen molar-refractivity contribution in [1.82, 2.24) is 5.32 Å². The zero-order chi connectivity index (χ0) is 14.8. The zero-order valence-corrected chi connectivity index (χ0v) is 11.9. The van der Waals surface area contributed by atoms with Gasteiger partial charge in [0.25, 0.3) is 0 Å². The summed E-state index contributed by atoms with van der Waals surface area (Å²) in [5.41, 5.74) is 1.10. The largest absolute Gasteiger partial charge is 0.491 e. The van der Waals surface area contributed by atoms with Gasteiger partial charge in [-0.25, -0.2) is 0 Å². The van der Waals surface area contributed by atoms with Gasteiger partial charge < -0.3 is 15.2 Å². The van der Waals surface area contributed by atoms with E-state index in [-0.39, 0.29) is 19.1 Å². The Morgan fingerprint density at radius 3 is 2.95 bits per heavy atom. The smallest absolute Gasteiger partial charge is 0.244 e. The molecule has 20 heavy (non-hydrogen) atoms. The lowest BCUT2D eigenvalue weighted by Gasteiger charge is -2.12. The standard InChI is InChI=1S/C16H21NO3/c1-3-4-5-9-16(19)17-11-14(18)12-20-15-8-6-7-13(2)10-15/h3-10,14,18H,11-12H2,1-2H3,(H,17,19). The first-order valence-electron chi connectivity index (χ1n) is 6.56. The molecule has 0 spiro atoms. The first-order valence-corrected chi connectivity index (χ1v) is 6.56. The molecule has 0 saturated heterocycles. The normalized spacial score (nSPS) is 12.8. The molecule has 1 unspecified atom stereocenters. The van der Waals surface area contributed by atoms with Crippen LogP contribution in [0.5, 0.6) is 5.75 Å². The van der Waals surface area contributed by atoms with Crippen LogP contribution in [0, 0.1) is 6.92 Å². The molecule has 2 N–H and O–H groups in total. The highest BCUT2D eigenvalue weighted by Crippen LogP contribution is 2.12. The van der Waals surface area contributed by atoms with E-state index in [1.165, 1.54) is 6.08 Å². The topological polar surface area (TPSA) is 58.6 Å². The molecule has 4 heteroatoms. The van der Waals surface area contributed by atoms with Crippen LogP contribution in [0.15, 0.2) is 48.6 Å². The Balaban J connectivity index is 2.26. The lowest BCUT2D eigenvalue weighted by Crippen LogP contribution is -2.34. The molecular formula is C16H21NO3. The lowest BCUT2D eigenvalue weighted by molar-refractivity contribution is -0.117. The number of rotatable bonds is 7. The number of benzene rings is 1. The van der Waals surface area contributed by atoms with E-state index < -0.39 is 6.10 Å². The van der Waals surface area contributed by atoms with Crippen molar-refractivity contribution in [3.63, 3.8) is 0 Å². The van der Waals surface area contributed by atoms with Crippen LogP contribution in [0.1, 0.15) is 12.5 Å². The van der Waals surface area contributed by atoms with Gasteiger partial charge in [0, 0.05) is 12.6 Å². The Bertz CT molecular complexity index is 480. The summed E-state index contributed by atoms with van der Waals surface area (Å²) in [6.07, 6.45) is 5.90. The average molecular weight is 275 g/mol. The number of amides is 1. The van der Waals surface area contributed by atoms with Gasteiger partial charge in [-0.2, -0.15) is 0 Å². The first kappa shape index (κ1) is 16.0. The third-order valence-electron chi connectivity index (χ3n) is 2.50. The van der Waals surface area contributed by atoms with Gasteiger partial charge in [0.2, 0.25) is 5.91 Å². The van der Waals surface area contributed by atoms with Crippen LogP contribution in [0.2, 0.25) is 0 Å². The summed E-state index contributed by atoms with van der Waals surface area (Å²) in [5.74, 6) is 0.473. The molecule has 0 radical (unpaired) electrons. The van der Waals surface area contributed by atoms with Crippen LogP contribution in [0.3, 0.4) is 0 Å². The van der Waals surface area contributed by atoms with E-state index in [9.17, 15) is 9.90 Å². The predicted octanol–water partition coefficient (Wildman–Crippen LogP) is 1.98. The van der Waals surface area contributed by atoms with Gasteiger partial charge in [-0.15, -0.1) is 0 Å². The monoisotopic (exact) mass is 275 g/mol. The Kier molecular flexibility index (Phi) is 7.14. The minimum absolute atomic E-state index is 0.141. The SMILES string of the molecule is CC=CC=CC(=O)NCC(O)COc1cccc(C)c1. The summed E-state index contributed by atoms with van der Waals surface area (Å²) in [7, 11) is 0. The average Bonchev–Trinajstić information content (AvgIpc) is 2.43.